The number of benzene rings is 4. The first-order chi connectivity index (χ1) is 21.0. The van der Waals surface area contributed by atoms with Gasteiger partial charge in [-0.05, 0) is 54.3 Å². The van der Waals surface area contributed by atoms with E-state index in [2.05, 4.69) is 16.0 Å². The zero-order valence-corrected chi connectivity index (χ0v) is 26.6. The molecule has 6 rings (SSSR count). The highest BCUT2D eigenvalue weighted by atomic mass is 32.2. The highest BCUT2D eigenvalue weighted by molar-refractivity contribution is 8.04. The Bertz CT molecular complexity index is 2100. The van der Waals surface area contributed by atoms with Gasteiger partial charge in [0.2, 0.25) is 5.52 Å². The molecular formula is C31H28N3O6S4-. The van der Waals surface area contributed by atoms with Crippen LogP contribution < -0.4 is 14.8 Å². The average Bonchev–Trinajstić information content (AvgIpc) is 3.49. The number of para-hydroxylation sites is 1. The van der Waals surface area contributed by atoms with Gasteiger partial charge in [-0.2, -0.15) is 4.57 Å². The second-order valence-corrected chi connectivity index (χ2v) is 15.5. The number of hydrogen-bond acceptors (Lipinski definition) is 10. The Kier molecular flexibility index (Phi) is 8.68. The number of aromatic nitrogens is 1. The number of fused-ring (bicyclic) bond motifs is 4. The smallest absolute Gasteiger partial charge is 0.265 e. The van der Waals surface area contributed by atoms with Crippen LogP contribution in [0.15, 0.2) is 94.9 Å². The molecule has 1 aliphatic heterocycles. The van der Waals surface area contributed by atoms with Crippen LogP contribution in [0.25, 0.3) is 27.1 Å². The van der Waals surface area contributed by atoms with Crippen LogP contribution in [0.5, 0.6) is 0 Å². The molecule has 0 saturated carbocycles. The van der Waals surface area contributed by atoms with E-state index in [-0.39, 0.29) is 12.8 Å². The fourth-order valence-corrected chi connectivity index (χ4v) is 8.60. The fraction of sp³-hybridized carbons (Fsp3) is 0.194. The third-order valence-electron chi connectivity index (χ3n) is 7.21. The maximum absolute atomic E-state index is 11.4. The Morgan fingerprint density at radius 2 is 1.55 bits per heavy atom. The standard InChI is InChI=1S/C31H29N3O6S4/c35-43(36,37)18-6-16-33-26-20-24(32-23-9-2-1-3-10-23)13-15-27(26)41-29(33)21-30-34(17-7-19-44(38,39)40)31-25-11-5-4-8-22(25)12-14-28(31)42-30/h1-5,8-15,20-21,32H,6-7,16-19H2,(H-,35,36,37,38,39,40)/p-1. The molecule has 0 atom stereocenters. The van der Waals surface area contributed by atoms with Crippen molar-refractivity contribution < 1.29 is 30.5 Å². The number of thioether (sulfide) groups is 1. The van der Waals surface area contributed by atoms with Gasteiger partial charge in [-0.15, -0.1) is 0 Å². The summed E-state index contributed by atoms with van der Waals surface area (Å²) in [6.07, 6.45) is 2.33. The van der Waals surface area contributed by atoms with Crippen molar-refractivity contribution in [2.75, 3.05) is 28.3 Å². The quantitative estimate of drug-likeness (QED) is 0.136. The molecule has 9 nitrogen and oxygen atoms in total. The number of aryl methyl sites for hydroxylation is 1. The number of nitrogens with one attached hydrogen (secondary N) is 1. The molecule has 0 fully saturated rings. The summed E-state index contributed by atoms with van der Waals surface area (Å²) in [5.41, 5.74) is 3.64. The van der Waals surface area contributed by atoms with Gasteiger partial charge in [0.1, 0.15) is 4.70 Å². The first kappa shape index (κ1) is 30.6. The summed E-state index contributed by atoms with van der Waals surface area (Å²) in [6.45, 7) is 0.635. The van der Waals surface area contributed by atoms with E-state index in [4.69, 9.17) is 0 Å². The lowest BCUT2D eigenvalue weighted by Crippen LogP contribution is -2.36. The van der Waals surface area contributed by atoms with Crippen molar-refractivity contribution >= 4 is 87.5 Å². The van der Waals surface area contributed by atoms with E-state index < -0.39 is 31.7 Å². The van der Waals surface area contributed by atoms with Crippen LogP contribution in [0.1, 0.15) is 17.8 Å². The van der Waals surface area contributed by atoms with Crippen molar-refractivity contribution in [1.82, 2.24) is 0 Å². The molecule has 0 bridgehead atoms. The van der Waals surface area contributed by atoms with Gasteiger partial charge in [0.05, 0.1) is 42.4 Å². The molecular weight excluding hydrogens is 639 g/mol. The van der Waals surface area contributed by atoms with Crippen molar-refractivity contribution in [3.8, 4) is 0 Å². The average molecular weight is 667 g/mol. The van der Waals surface area contributed by atoms with Gasteiger partial charge in [0, 0.05) is 40.7 Å². The first-order valence-corrected chi connectivity index (χ1v) is 18.7. The number of hydrogen-bond donors (Lipinski definition) is 1. The van der Waals surface area contributed by atoms with Crippen LogP contribution in [0.3, 0.4) is 0 Å². The molecule has 5 aromatic rings. The van der Waals surface area contributed by atoms with Gasteiger partial charge in [-0.25, -0.2) is 16.8 Å². The number of anilines is 3. The van der Waals surface area contributed by atoms with Gasteiger partial charge in [-0.1, -0.05) is 65.6 Å². The zero-order valence-electron chi connectivity index (χ0n) is 23.4. The lowest BCUT2D eigenvalue weighted by atomic mass is 10.1. The molecule has 1 aliphatic rings. The summed E-state index contributed by atoms with van der Waals surface area (Å²) in [7, 11) is -8.75. The van der Waals surface area contributed by atoms with Crippen LogP contribution in [0.2, 0.25) is 0 Å². The van der Waals surface area contributed by atoms with E-state index in [0.717, 1.165) is 53.0 Å². The predicted octanol–water partition coefficient (Wildman–Crippen LogP) is 5.87. The summed E-state index contributed by atoms with van der Waals surface area (Å²) in [5, 5.41) is 7.17. The SMILES string of the molecule is O=S(=O)([O-])CCCN1/C(=C/c2sc3ccc4ccccc4c3[n+]2CCCS(=O)(=O)[O-])Sc2ccc(Nc3ccccc3)cc21. The van der Waals surface area contributed by atoms with Gasteiger partial charge in [0.15, 0.2) is 6.54 Å². The largest absolute Gasteiger partial charge is 0.748 e. The normalized spacial score (nSPS) is 14.5. The Morgan fingerprint density at radius 1 is 0.818 bits per heavy atom. The van der Waals surface area contributed by atoms with Crippen LogP contribution in [-0.2, 0) is 26.8 Å². The lowest BCUT2D eigenvalue weighted by Gasteiger charge is -2.21. The molecule has 4 aromatic carbocycles. The third-order valence-corrected chi connectivity index (χ3v) is 11.0. The topological polar surface area (TPSA) is 134 Å². The molecule has 0 amide bonds. The highest BCUT2D eigenvalue weighted by Crippen LogP contribution is 2.48. The zero-order chi connectivity index (χ0) is 30.9. The minimum atomic E-state index is -4.38. The van der Waals surface area contributed by atoms with Crippen molar-refractivity contribution in [2.24, 2.45) is 0 Å². The van der Waals surface area contributed by atoms with Crippen LogP contribution in [0, 0.1) is 0 Å². The summed E-state index contributed by atoms with van der Waals surface area (Å²) in [5.74, 6) is -0.942. The van der Waals surface area contributed by atoms with Gasteiger partial charge < -0.3 is 19.3 Å². The molecule has 0 spiro atoms. The number of rotatable bonds is 11. The molecule has 0 saturated heterocycles. The Morgan fingerprint density at radius 3 is 2.32 bits per heavy atom. The van der Waals surface area contributed by atoms with E-state index >= 15 is 0 Å². The van der Waals surface area contributed by atoms with E-state index in [0.29, 0.717) is 13.1 Å². The van der Waals surface area contributed by atoms with E-state index in [1.807, 2.05) is 89.8 Å². The van der Waals surface area contributed by atoms with Crippen molar-refractivity contribution in [2.45, 2.75) is 24.3 Å². The second-order valence-electron chi connectivity index (χ2n) is 10.4. The minimum absolute atomic E-state index is 0.151. The molecule has 1 N–H and O–H groups in total. The van der Waals surface area contributed by atoms with Crippen molar-refractivity contribution in [3.05, 3.63) is 95.0 Å². The third kappa shape index (κ3) is 7.09. The summed E-state index contributed by atoms with van der Waals surface area (Å²) in [6, 6.07) is 27.8. The second kappa shape index (κ2) is 12.5. The maximum atomic E-state index is 11.4. The fourth-order valence-electron chi connectivity index (χ4n) is 5.31. The predicted molar refractivity (Wildman–Crippen MR) is 175 cm³/mol. The van der Waals surface area contributed by atoms with Crippen LogP contribution in [0.4, 0.5) is 17.1 Å². The number of thiazole rings is 1. The molecule has 13 heteroatoms. The molecule has 1 aromatic heterocycles. The summed E-state index contributed by atoms with van der Waals surface area (Å²) in [4.78, 5) is 3.01. The highest BCUT2D eigenvalue weighted by Gasteiger charge is 2.29. The summed E-state index contributed by atoms with van der Waals surface area (Å²) >= 11 is 3.10. The van der Waals surface area contributed by atoms with E-state index in [1.54, 1.807) is 23.1 Å². The van der Waals surface area contributed by atoms with E-state index in [1.165, 1.54) is 0 Å². The molecule has 44 heavy (non-hydrogen) atoms. The van der Waals surface area contributed by atoms with E-state index in [9.17, 15) is 25.9 Å². The molecule has 0 radical (unpaired) electrons. The maximum Gasteiger partial charge on any atom is 0.265 e. The Hall–Kier alpha value is -3.46. The van der Waals surface area contributed by atoms with Crippen LogP contribution >= 0.6 is 23.1 Å². The molecule has 2 heterocycles. The van der Waals surface area contributed by atoms with Gasteiger partial charge >= 0.3 is 0 Å². The van der Waals surface area contributed by atoms with Crippen molar-refractivity contribution in [1.29, 1.82) is 0 Å². The van der Waals surface area contributed by atoms with Gasteiger partial charge in [0.25, 0.3) is 5.01 Å². The first-order valence-electron chi connectivity index (χ1n) is 13.9. The van der Waals surface area contributed by atoms with Crippen molar-refractivity contribution in [3.63, 3.8) is 0 Å². The number of nitrogens with zero attached hydrogens (tertiary/aromatic N) is 2. The Labute approximate surface area is 264 Å². The molecule has 0 unspecified atom stereocenters. The van der Waals surface area contributed by atoms with Crippen LogP contribution in [-0.4, -0.2) is 44.0 Å². The molecule has 228 valence electrons. The summed E-state index contributed by atoms with van der Waals surface area (Å²) < 4.78 is 71.7. The lowest BCUT2D eigenvalue weighted by molar-refractivity contribution is -0.667. The molecule has 0 aliphatic carbocycles. The minimum Gasteiger partial charge on any atom is -0.748 e. The van der Waals surface area contributed by atoms with Gasteiger partial charge in [-0.3, -0.25) is 0 Å². The Balaban J connectivity index is 1.42. The monoisotopic (exact) mass is 666 g/mol.